The highest BCUT2D eigenvalue weighted by Gasteiger charge is 2.10. The molecular weight excluding hydrogens is 362 g/mol. The lowest BCUT2D eigenvalue weighted by Crippen LogP contribution is -2.33. The lowest BCUT2D eigenvalue weighted by molar-refractivity contribution is 0.0950. The molecule has 0 radical (unpaired) electrons. The Morgan fingerprint density at radius 1 is 1.04 bits per heavy atom. The van der Waals surface area contributed by atoms with Gasteiger partial charge in [0, 0.05) is 12.1 Å². The molecule has 4 rings (SSSR count). The summed E-state index contributed by atoms with van der Waals surface area (Å²) in [6.45, 7) is 0. The van der Waals surface area contributed by atoms with E-state index < -0.39 is 5.91 Å². The van der Waals surface area contributed by atoms with E-state index in [4.69, 9.17) is 21.1 Å². The van der Waals surface area contributed by atoms with Crippen LogP contribution in [-0.4, -0.2) is 16.0 Å². The molecule has 4 aromatic rings. The highest BCUT2D eigenvalue weighted by molar-refractivity contribution is 7.80. The molecule has 27 heavy (non-hydrogen) atoms. The van der Waals surface area contributed by atoms with Crippen LogP contribution in [0.4, 0.5) is 5.69 Å². The van der Waals surface area contributed by atoms with Gasteiger partial charge in [-0.1, -0.05) is 24.3 Å². The van der Waals surface area contributed by atoms with Crippen LogP contribution in [0.5, 0.6) is 0 Å². The van der Waals surface area contributed by atoms with Crippen LogP contribution in [0.3, 0.4) is 0 Å². The first-order chi connectivity index (χ1) is 13.2. The Morgan fingerprint density at radius 3 is 2.59 bits per heavy atom. The fourth-order valence-corrected chi connectivity index (χ4v) is 2.82. The number of anilines is 1. The van der Waals surface area contributed by atoms with Crippen LogP contribution in [0.15, 0.2) is 75.8 Å². The van der Waals surface area contributed by atoms with Gasteiger partial charge < -0.3 is 14.2 Å². The van der Waals surface area contributed by atoms with Gasteiger partial charge in [-0.05, 0) is 54.2 Å². The molecule has 0 atom stereocenters. The number of aromatic nitrogens is 1. The van der Waals surface area contributed by atoms with Crippen molar-refractivity contribution in [3.63, 3.8) is 0 Å². The van der Waals surface area contributed by atoms with Gasteiger partial charge in [0.1, 0.15) is 5.52 Å². The number of nitrogens with one attached hydrogen (secondary N) is 2. The Labute approximate surface area is 160 Å². The van der Waals surface area contributed by atoms with E-state index in [0.717, 1.165) is 22.4 Å². The third kappa shape index (κ3) is 4.04. The summed E-state index contributed by atoms with van der Waals surface area (Å²) >= 11 is 5.15. The third-order valence-electron chi connectivity index (χ3n) is 3.88. The minimum atomic E-state index is -0.398. The zero-order valence-electron chi connectivity index (χ0n) is 14.1. The predicted molar refractivity (Wildman–Crippen MR) is 106 cm³/mol. The second-order valence-corrected chi connectivity index (χ2v) is 6.24. The molecule has 0 bridgehead atoms. The van der Waals surface area contributed by atoms with Crippen molar-refractivity contribution in [3.8, 4) is 0 Å². The summed E-state index contributed by atoms with van der Waals surface area (Å²) in [7, 11) is 0. The maximum atomic E-state index is 11.9. The fourth-order valence-electron chi connectivity index (χ4n) is 2.61. The third-order valence-corrected chi connectivity index (χ3v) is 4.08. The number of amides is 1. The second-order valence-electron chi connectivity index (χ2n) is 5.83. The van der Waals surface area contributed by atoms with Crippen LogP contribution < -0.4 is 10.6 Å². The van der Waals surface area contributed by atoms with Gasteiger partial charge in [0.05, 0.1) is 6.26 Å². The van der Waals surface area contributed by atoms with Gasteiger partial charge in [0.2, 0.25) is 0 Å². The number of hydrogen-bond acceptors (Lipinski definition) is 5. The molecule has 0 aliphatic carbocycles. The number of para-hydroxylation sites is 2. The van der Waals surface area contributed by atoms with Crippen LogP contribution in [0, 0.1) is 0 Å². The van der Waals surface area contributed by atoms with Crippen molar-refractivity contribution in [2.75, 3.05) is 5.32 Å². The molecule has 2 heterocycles. The van der Waals surface area contributed by atoms with E-state index in [1.54, 1.807) is 12.1 Å². The number of thiocarbonyl (C=S) groups is 1. The Balaban J connectivity index is 1.37. The fraction of sp³-hybridized carbons (Fsp3) is 0.0500. The van der Waals surface area contributed by atoms with Crippen LogP contribution in [0.25, 0.3) is 11.1 Å². The molecule has 0 saturated heterocycles. The Bertz CT molecular complexity index is 1050. The number of carbonyl (C=O) groups is 1. The van der Waals surface area contributed by atoms with Crippen molar-refractivity contribution in [2.24, 2.45) is 0 Å². The summed E-state index contributed by atoms with van der Waals surface area (Å²) in [6.07, 6.45) is 2.02. The number of furan rings is 1. The maximum Gasteiger partial charge on any atom is 0.293 e. The zero-order valence-corrected chi connectivity index (χ0v) is 15.0. The van der Waals surface area contributed by atoms with Gasteiger partial charge in [-0.3, -0.25) is 10.1 Å². The summed E-state index contributed by atoms with van der Waals surface area (Å²) in [5.41, 5.74) is 3.45. The maximum absolute atomic E-state index is 11.9. The van der Waals surface area contributed by atoms with E-state index in [1.807, 2.05) is 48.5 Å². The monoisotopic (exact) mass is 377 g/mol. The molecule has 2 aromatic carbocycles. The minimum absolute atomic E-state index is 0.197. The molecule has 0 fully saturated rings. The number of oxazole rings is 1. The van der Waals surface area contributed by atoms with E-state index in [2.05, 4.69) is 15.6 Å². The van der Waals surface area contributed by atoms with Crippen molar-refractivity contribution < 1.29 is 13.6 Å². The van der Waals surface area contributed by atoms with Crippen molar-refractivity contribution >= 4 is 40.0 Å². The summed E-state index contributed by atoms with van der Waals surface area (Å²) in [5.74, 6) is 0.469. The number of carbonyl (C=O) groups excluding carboxylic acids is 1. The number of benzene rings is 2. The number of fused-ring (bicyclic) bond motifs is 1. The predicted octanol–water partition coefficient (Wildman–Crippen LogP) is 4.14. The number of nitrogens with zero attached hydrogens (tertiary/aromatic N) is 1. The number of rotatable bonds is 4. The second kappa shape index (κ2) is 7.43. The quantitative estimate of drug-likeness (QED) is 0.520. The lowest BCUT2D eigenvalue weighted by atomic mass is 10.1. The van der Waals surface area contributed by atoms with Crippen molar-refractivity contribution in [1.29, 1.82) is 0 Å². The molecule has 6 nitrogen and oxygen atoms in total. The van der Waals surface area contributed by atoms with Crippen LogP contribution >= 0.6 is 12.2 Å². The first-order valence-corrected chi connectivity index (χ1v) is 8.67. The van der Waals surface area contributed by atoms with E-state index in [9.17, 15) is 4.79 Å². The standard InChI is InChI=1S/C20H15N3O3S/c24-19(17-6-3-11-25-17)23-20(27)21-14-9-7-13(8-10-14)12-18-22-15-4-1-2-5-16(15)26-18/h1-11H,12H2,(H2,21,23,24,27). The van der Waals surface area contributed by atoms with E-state index in [-0.39, 0.29) is 10.9 Å². The highest BCUT2D eigenvalue weighted by atomic mass is 32.1. The first kappa shape index (κ1) is 17.0. The molecule has 7 heteroatoms. The average molecular weight is 377 g/mol. The Hall–Kier alpha value is -3.45. The van der Waals surface area contributed by atoms with Crippen LogP contribution in [0.1, 0.15) is 22.0 Å². The summed E-state index contributed by atoms with van der Waals surface area (Å²) in [5, 5.41) is 5.73. The SMILES string of the molecule is O=C(NC(=S)Nc1ccc(Cc2nc3ccccc3o2)cc1)c1ccco1. The van der Waals surface area contributed by atoms with Gasteiger partial charge in [0.15, 0.2) is 22.3 Å². The van der Waals surface area contributed by atoms with Gasteiger partial charge in [-0.15, -0.1) is 0 Å². The largest absolute Gasteiger partial charge is 0.459 e. The Morgan fingerprint density at radius 2 is 1.85 bits per heavy atom. The molecular formula is C20H15N3O3S. The topological polar surface area (TPSA) is 80.3 Å². The van der Waals surface area contributed by atoms with Gasteiger partial charge in [-0.25, -0.2) is 4.98 Å². The average Bonchev–Trinajstić information content (AvgIpc) is 3.32. The van der Waals surface area contributed by atoms with Crippen molar-refractivity contribution in [2.45, 2.75) is 6.42 Å². The molecule has 0 spiro atoms. The van der Waals surface area contributed by atoms with Gasteiger partial charge >= 0.3 is 0 Å². The molecule has 0 unspecified atom stereocenters. The van der Waals surface area contributed by atoms with Crippen LogP contribution in [-0.2, 0) is 6.42 Å². The molecule has 1 amide bonds. The number of hydrogen-bond donors (Lipinski definition) is 2. The molecule has 134 valence electrons. The van der Waals surface area contributed by atoms with E-state index in [1.165, 1.54) is 6.26 Å². The van der Waals surface area contributed by atoms with Crippen molar-refractivity contribution in [1.82, 2.24) is 10.3 Å². The Kier molecular flexibility index (Phi) is 4.67. The van der Waals surface area contributed by atoms with Crippen LogP contribution in [0.2, 0.25) is 0 Å². The van der Waals surface area contributed by atoms with Gasteiger partial charge in [-0.2, -0.15) is 0 Å². The summed E-state index contributed by atoms with van der Waals surface area (Å²) in [4.78, 5) is 16.4. The smallest absolute Gasteiger partial charge is 0.293 e. The first-order valence-electron chi connectivity index (χ1n) is 8.26. The minimum Gasteiger partial charge on any atom is -0.459 e. The molecule has 2 aromatic heterocycles. The summed E-state index contributed by atoms with van der Waals surface area (Å²) in [6, 6.07) is 18.5. The highest BCUT2D eigenvalue weighted by Crippen LogP contribution is 2.18. The van der Waals surface area contributed by atoms with E-state index >= 15 is 0 Å². The molecule has 0 saturated carbocycles. The van der Waals surface area contributed by atoms with Gasteiger partial charge in [0.25, 0.3) is 5.91 Å². The van der Waals surface area contributed by atoms with E-state index in [0.29, 0.717) is 12.3 Å². The lowest BCUT2D eigenvalue weighted by Gasteiger charge is -2.09. The molecule has 0 aliphatic rings. The molecule has 2 N–H and O–H groups in total. The normalized spacial score (nSPS) is 10.7. The summed E-state index contributed by atoms with van der Waals surface area (Å²) < 4.78 is 10.8. The zero-order chi connectivity index (χ0) is 18.6. The molecule has 0 aliphatic heterocycles. The van der Waals surface area contributed by atoms with Crippen molar-refractivity contribution in [3.05, 3.63) is 84.1 Å².